The molecule has 5 rings (SSSR count). The predicted octanol–water partition coefficient (Wildman–Crippen LogP) is 2.14. The van der Waals surface area contributed by atoms with E-state index in [1.54, 1.807) is 6.07 Å². The number of anilines is 1. The Labute approximate surface area is 215 Å². The smallest absolute Gasteiger partial charge is 0.340 e. The highest BCUT2D eigenvalue weighted by atomic mass is 35.5. The van der Waals surface area contributed by atoms with E-state index in [1.165, 1.54) is 22.0 Å². The van der Waals surface area contributed by atoms with Crippen molar-refractivity contribution in [1.82, 2.24) is 14.8 Å². The third-order valence-electron chi connectivity index (χ3n) is 6.38. The minimum atomic E-state index is -4.83. The SMILES string of the molecule is O=P(O)(O)CP(=O)(O)OCC1OC(n2ncc3c(N[C@H]4CCc5ccccc54)cc(Cl)nc32)C(O)C1O. The minimum Gasteiger partial charge on any atom is -0.387 e. The molecule has 1 fully saturated rings. The molecule has 37 heavy (non-hydrogen) atoms. The van der Waals surface area contributed by atoms with Gasteiger partial charge in [0.25, 0.3) is 0 Å². The Bertz CT molecular complexity index is 1420. The number of aryl methyl sites for hydroxylation is 1. The number of aliphatic hydroxyl groups excluding tert-OH is 2. The summed E-state index contributed by atoms with van der Waals surface area (Å²) in [5.74, 6) is -1.39. The molecule has 2 aliphatic rings. The highest BCUT2D eigenvalue weighted by molar-refractivity contribution is 7.70. The van der Waals surface area contributed by atoms with Gasteiger partial charge in [-0.2, -0.15) is 5.10 Å². The number of aromatic nitrogens is 3. The molecule has 5 unspecified atom stereocenters. The summed E-state index contributed by atoms with van der Waals surface area (Å²) in [6.07, 6.45) is -2.25. The summed E-state index contributed by atoms with van der Waals surface area (Å²) < 4.78 is 34.7. The molecule has 3 aromatic rings. The highest BCUT2D eigenvalue weighted by Gasteiger charge is 2.46. The number of rotatable bonds is 8. The number of fused-ring (bicyclic) bond motifs is 2. The Morgan fingerprint density at radius 1 is 1.19 bits per heavy atom. The second-order valence-corrected chi connectivity index (χ2v) is 13.4. The summed E-state index contributed by atoms with van der Waals surface area (Å²) in [5.41, 5.74) is 3.41. The van der Waals surface area contributed by atoms with E-state index in [0.717, 1.165) is 12.8 Å². The monoisotopic (exact) mass is 574 g/mol. The number of ether oxygens (including phenoxy) is 1. The molecule has 1 aromatic carbocycles. The molecule has 6 atom stereocenters. The van der Waals surface area contributed by atoms with Crippen molar-refractivity contribution in [3.63, 3.8) is 0 Å². The number of hydrogen-bond acceptors (Lipinski definition) is 9. The number of pyridine rings is 1. The van der Waals surface area contributed by atoms with Gasteiger partial charge >= 0.3 is 15.2 Å². The van der Waals surface area contributed by atoms with Crippen LogP contribution in [0.2, 0.25) is 5.15 Å². The molecule has 2 aromatic heterocycles. The van der Waals surface area contributed by atoms with Crippen LogP contribution in [-0.2, 0) is 24.8 Å². The quantitative estimate of drug-likeness (QED) is 0.170. The number of benzene rings is 1. The van der Waals surface area contributed by atoms with Gasteiger partial charge in [0.2, 0.25) is 0 Å². The second-order valence-electron chi connectivity index (χ2n) is 9.04. The lowest BCUT2D eigenvalue weighted by Gasteiger charge is -2.18. The van der Waals surface area contributed by atoms with Gasteiger partial charge in [0.15, 0.2) is 17.8 Å². The van der Waals surface area contributed by atoms with E-state index >= 15 is 0 Å². The van der Waals surface area contributed by atoms with Gasteiger partial charge in [-0.25, -0.2) is 9.67 Å². The van der Waals surface area contributed by atoms with Crippen LogP contribution >= 0.6 is 26.8 Å². The van der Waals surface area contributed by atoms with Gasteiger partial charge < -0.3 is 39.5 Å². The zero-order valence-electron chi connectivity index (χ0n) is 19.2. The van der Waals surface area contributed by atoms with Crippen LogP contribution in [-0.4, -0.2) is 70.5 Å². The van der Waals surface area contributed by atoms with Crippen LogP contribution < -0.4 is 5.32 Å². The number of nitrogens with zero attached hydrogens (tertiary/aromatic N) is 3. The first-order valence-corrected chi connectivity index (χ1v) is 15.3. The van der Waals surface area contributed by atoms with Crippen LogP contribution in [0.1, 0.15) is 29.8 Å². The van der Waals surface area contributed by atoms with Crippen molar-refractivity contribution < 1.29 is 43.3 Å². The van der Waals surface area contributed by atoms with Crippen LogP contribution in [0.3, 0.4) is 0 Å². The Morgan fingerprint density at radius 2 is 1.95 bits per heavy atom. The fraction of sp³-hybridized carbons (Fsp3) is 0.429. The zero-order valence-corrected chi connectivity index (χ0v) is 21.7. The van der Waals surface area contributed by atoms with E-state index in [1.807, 2.05) is 12.1 Å². The Balaban J connectivity index is 1.37. The fourth-order valence-electron chi connectivity index (χ4n) is 4.72. The summed E-state index contributed by atoms with van der Waals surface area (Å²) in [7, 11) is -9.50. The molecule has 200 valence electrons. The van der Waals surface area contributed by atoms with Gasteiger partial charge in [-0.3, -0.25) is 9.13 Å². The van der Waals surface area contributed by atoms with Crippen molar-refractivity contribution in [1.29, 1.82) is 0 Å². The molecule has 0 spiro atoms. The molecule has 0 bridgehead atoms. The molecular formula is C21H25ClN4O9P2. The van der Waals surface area contributed by atoms with Crippen LogP contribution in [0.25, 0.3) is 11.0 Å². The maximum absolute atomic E-state index is 11.9. The third-order valence-corrected chi connectivity index (χ3v) is 10.0. The van der Waals surface area contributed by atoms with E-state index in [2.05, 4.69) is 27.5 Å². The molecule has 1 saturated heterocycles. The van der Waals surface area contributed by atoms with E-state index < -0.39 is 52.2 Å². The molecule has 13 nitrogen and oxygen atoms in total. The molecule has 0 amide bonds. The highest BCUT2D eigenvalue weighted by Crippen LogP contribution is 2.55. The van der Waals surface area contributed by atoms with Gasteiger partial charge in [0.1, 0.15) is 23.5 Å². The summed E-state index contributed by atoms with van der Waals surface area (Å²) in [5, 5.41) is 29.6. The maximum Gasteiger partial charge on any atom is 0.340 e. The molecule has 3 heterocycles. The van der Waals surface area contributed by atoms with Gasteiger partial charge in [-0.05, 0) is 30.0 Å². The number of halogens is 1. The van der Waals surface area contributed by atoms with Gasteiger partial charge in [0.05, 0.1) is 29.9 Å². The Hall–Kier alpha value is -1.89. The lowest BCUT2D eigenvalue weighted by molar-refractivity contribution is -0.0541. The first kappa shape index (κ1) is 26.7. The Morgan fingerprint density at radius 3 is 2.70 bits per heavy atom. The predicted molar refractivity (Wildman–Crippen MR) is 132 cm³/mol. The molecule has 0 radical (unpaired) electrons. The van der Waals surface area contributed by atoms with Crippen molar-refractivity contribution in [3.8, 4) is 0 Å². The Kier molecular flexibility index (Phi) is 7.23. The molecule has 1 aliphatic carbocycles. The van der Waals surface area contributed by atoms with Crippen molar-refractivity contribution >= 4 is 43.5 Å². The van der Waals surface area contributed by atoms with E-state index in [4.69, 9.17) is 30.6 Å². The number of hydrogen-bond donors (Lipinski definition) is 6. The van der Waals surface area contributed by atoms with E-state index in [9.17, 15) is 24.2 Å². The molecular weight excluding hydrogens is 550 g/mol. The fourth-order valence-corrected chi connectivity index (χ4v) is 7.48. The summed E-state index contributed by atoms with van der Waals surface area (Å²) in [4.78, 5) is 31.9. The van der Waals surface area contributed by atoms with Crippen molar-refractivity contribution in [2.45, 2.75) is 43.4 Å². The normalized spacial score (nSPS) is 27.4. The van der Waals surface area contributed by atoms with E-state index in [-0.39, 0.29) is 16.8 Å². The van der Waals surface area contributed by atoms with Crippen molar-refractivity contribution in [2.24, 2.45) is 0 Å². The van der Waals surface area contributed by atoms with Crippen molar-refractivity contribution in [2.75, 3.05) is 17.8 Å². The van der Waals surface area contributed by atoms with Gasteiger partial charge in [-0.1, -0.05) is 35.9 Å². The lowest BCUT2D eigenvalue weighted by atomic mass is 10.1. The first-order chi connectivity index (χ1) is 17.4. The van der Waals surface area contributed by atoms with Crippen molar-refractivity contribution in [3.05, 3.63) is 52.8 Å². The first-order valence-electron chi connectivity index (χ1n) is 11.3. The van der Waals surface area contributed by atoms with Crippen LogP contribution in [0.15, 0.2) is 36.5 Å². The van der Waals surface area contributed by atoms with Crippen LogP contribution in [0.4, 0.5) is 5.69 Å². The average Bonchev–Trinajstić information content (AvgIpc) is 3.48. The zero-order chi connectivity index (χ0) is 26.5. The standard InChI is InChI=1S/C21H25ClN4O9P2/c22-17-7-15(24-14-6-5-11-3-1-2-4-12(11)14)13-8-23-26(20(13)25-17)21-19(28)18(27)16(35-21)9-34-37(32,33)10-36(29,30)31/h1-4,7-8,14,16,18-19,21,27-28H,5-6,9-10H2,(H,24,25)(H,32,33)(H2,29,30,31)/t14-,16?,18?,19?,21?/m0/s1. The maximum atomic E-state index is 11.9. The topological polar surface area (TPSA) is 196 Å². The summed E-state index contributed by atoms with van der Waals surface area (Å²) >= 11 is 6.30. The molecule has 16 heteroatoms. The van der Waals surface area contributed by atoms with Crippen LogP contribution in [0, 0.1) is 0 Å². The minimum absolute atomic E-state index is 0.0557. The molecule has 0 saturated carbocycles. The summed E-state index contributed by atoms with van der Waals surface area (Å²) in [6, 6.07) is 9.88. The van der Waals surface area contributed by atoms with Gasteiger partial charge in [0, 0.05) is 0 Å². The second kappa shape index (κ2) is 10.0. The third kappa shape index (κ3) is 5.62. The average molecular weight is 575 g/mol. The molecule has 6 N–H and O–H groups in total. The molecule has 1 aliphatic heterocycles. The number of aliphatic hydroxyl groups is 2. The van der Waals surface area contributed by atoms with Gasteiger partial charge in [-0.15, -0.1) is 0 Å². The number of nitrogens with one attached hydrogen (secondary N) is 1. The van der Waals surface area contributed by atoms with Crippen LogP contribution in [0.5, 0.6) is 0 Å². The summed E-state index contributed by atoms with van der Waals surface area (Å²) in [6.45, 7) is -0.705. The van der Waals surface area contributed by atoms with E-state index in [0.29, 0.717) is 11.1 Å². The largest absolute Gasteiger partial charge is 0.387 e. The lowest BCUT2D eigenvalue weighted by Crippen LogP contribution is -2.33.